The molecule has 0 radical (unpaired) electrons. The molecule has 0 atom stereocenters. The first-order valence-electron chi connectivity index (χ1n) is 5.54. The Morgan fingerprint density at radius 3 is 2.72 bits per heavy atom. The lowest BCUT2D eigenvalue weighted by Gasteiger charge is -2.05. The molecule has 2 rings (SSSR count). The molecule has 0 aliphatic heterocycles. The van der Waals surface area contributed by atoms with Crippen molar-refractivity contribution in [1.82, 2.24) is 9.97 Å². The number of nitrogen functional groups attached to an aromatic ring is 1. The van der Waals surface area contributed by atoms with Gasteiger partial charge in [-0.3, -0.25) is 4.79 Å². The highest BCUT2D eigenvalue weighted by Crippen LogP contribution is 2.09. The maximum absolute atomic E-state index is 10.6. The quantitative estimate of drug-likeness (QED) is 0.805. The second kappa shape index (κ2) is 5.77. The lowest BCUT2D eigenvalue weighted by Crippen LogP contribution is -2.08. The third-order valence-corrected chi connectivity index (χ3v) is 2.36. The van der Waals surface area contributed by atoms with Crippen LogP contribution < -0.4 is 10.5 Å². The molecule has 0 aliphatic carbocycles. The Balaban J connectivity index is 1.91. The van der Waals surface area contributed by atoms with Crippen molar-refractivity contribution in [2.24, 2.45) is 0 Å². The Kier molecular flexibility index (Phi) is 3.86. The van der Waals surface area contributed by atoms with Crippen LogP contribution in [-0.4, -0.2) is 22.9 Å². The number of rotatable bonds is 5. The number of aldehydes is 1. The molecule has 5 heteroatoms. The molecule has 2 aromatic rings. The van der Waals surface area contributed by atoms with Gasteiger partial charge in [0.25, 0.3) is 0 Å². The van der Waals surface area contributed by atoms with E-state index < -0.39 is 0 Å². The van der Waals surface area contributed by atoms with Gasteiger partial charge in [-0.15, -0.1) is 0 Å². The van der Waals surface area contributed by atoms with Crippen LogP contribution in [0.4, 0.5) is 5.82 Å². The van der Waals surface area contributed by atoms with E-state index in [4.69, 9.17) is 10.5 Å². The molecule has 0 fully saturated rings. The summed E-state index contributed by atoms with van der Waals surface area (Å²) in [5.41, 5.74) is 5.90. The fourth-order valence-electron chi connectivity index (χ4n) is 1.43. The summed E-state index contributed by atoms with van der Waals surface area (Å²) < 4.78 is 5.52. The fourth-order valence-corrected chi connectivity index (χ4v) is 1.43. The number of carbonyl (C=O) groups is 1. The van der Waals surface area contributed by atoms with Crippen molar-refractivity contribution < 1.29 is 9.53 Å². The summed E-state index contributed by atoms with van der Waals surface area (Å²) in [7, 11) is 0. The van der Waals surface area contributed by atoms with E-state index in [1.54, 1.807) is 0 Å². The Hall–Kier alpha value is -2.43. The first-order valence-corrected chi connectivity index (χ1v) is 5.54. The largest absolute Gasteiger partial charge is 0.493 e. The van der Waals surface area contributed by atoms with E-state index in [9.17, 15) is 4.79 Å². The molecule has 18 heavy (non-hydrogen) atoms. The predicted molar refractivity (Wildman–Crippen MR) is 67.5 cm³/mol. The minimum absolute atomic E-state index is 0.203. The molecule has 92 valence electrons. The van der Waals surface area contributed by atoms with Gasteiger partial charge in [-0.1, -0.05) is 18.2 Å². The van der Waals surface area contributed by atoms with E-state index in [0.717, 1.165) is 5.75 Å². The molecule has 0 aliphatic rings. The molecule has 0 unspecified atom stereocenters. The minimum atomic E-state index is 0.203. The Morgan fingerprint density at radius 1 is 1.28 bits per heavy atom. The third-order valence-electron chi connectivity index (χ3n) is 2.36. The van der Waals surface area contributed by atoms with E-state index in [1.807, 2.05) is 30.3 Å². The number of nitrogens with zero attached hydrogens (tertiary/aromatic N) is 2. The first kappa shape index (κ1) is 12.0. The van der Waals surface area contributed by atoms with Crippen LogP contribution in [0.2, 0.25) is 0 Å². The van der Waals surface area contributed by atoms with Gasteiger partial charge < -0.3 is 10.5 Å². The van der Waals surface area contributed by atoms with Crippen LogP contribution in [0.25, 0.3) is 0 Å². The summed E-state index contributed by atoms with van der Waals surface area (Å²) in [6.45, 7) is 0.462. The topological polar surface area (TPSA) is 78.1 Å². The Labute approximate surface area is 105 Å². The van der Waals surface area contributed by atoms with E-state index in [-0.39, 0.29) is 5.82 Å². The normalized spacial score (nSPS) is 10.0. The molecule has 5 nitrogen and oxygen atoms in total. The summed E-state index contributed by atoms with van der Waals surface area (Å²) in [5.74, 6) is 1.57. The maximum Gasteiger partial charge on any atom is 0.155 e. The zero-order valence-electron chi connectivity index (χ0n) is 9.74. The number of para-hydroxylation sites is 1. The van der Waals surface area contributed by atoms with E-state index in [2.05, 4.69) is 9.97 Å². The van der Waals surface area contributed by atoms with Gasteiger partial charge in [-0.05, 0) is 12.1 Å². The van der Waals surface area contributed by atoms with Crippen molar-refractivity contribution in [2.45, 2.75) is 6.42 Å². The van der Waals surface area contributed by atoms with Crippen molar-refractivity contribution in [3.63, 3.8) is 0 Å². The number of carbonyl (C=O) groups excluding carboxylic acids is 1. The standard InChI is InChI=1S/C13H13N3O2/c14-13-10(9-17)8-15-12(16-13)6-7-18-11-4-2-1-3-5-11/h1-5,8-9H,6-7H2,(H2,14,15,16). The molecular weight excluding hydrogens is 230 g/mol. The molecule has 0 saturated heterocycles. The summed E-state index contributed by atoms with van der Waals surface area (Å²) in [6.07, 6.45) is 2.60. The van der Waals surface area contributed by atoms with Crippen LogP contribution in [0, 0.1) is 0 Å². The summed E-state index contributed by atoms with van der Waals surface area (Å²) >= 11 is 0. The number of ether oxygens (including phenoxy) is 1. The molecule has 0 saturated carbocycles. The molecular formula is C13H13N3O2. The number of hydrogen-bond donors (Lipinski definition) is 1. The smallest absolute Gasteiger partial charge is 0.155 e. The van der Waals surface area contributed by atoms with Crippen molar-refractivity contribution in [2.75, 3.05) is 12.3 Å². The summed E-state index contributed by atoms with van der Waals surface area (Å²) in [6, 6.07) is 9.50. The van der Waals surface area contributed by atoms with Gasteiger partial charge in [-0.25, -0.2) is 9.97 Å². The lowest BCUT2D eigenvalue weighted by molar-refractivity contribution is 0.112. The molecule has 0 bridgehead atoms. The molecule has 1 aromatic carbocycles. The molecule has 1 heterocycles. The van der Waals surface area contributed by atoms with Crippen LogP contribution in [-0.2, 0) is 6.42 Å². The average Bonchev–Trinajstić information content (AvgIpc) is 2.40. The van der Waals surface area contributed by atoms with Crippen molar-refractivity contribution >= 4 is 12.1 Å². The number of anilines is 1. The van der Waals surface area contributed by atoms with Gasteiger partial charge in [0.2, 0.25) is 0 Å². The van der Waals surface area contributed by atoms with Gasteiger partial charge in [0, 0.05) is 12.6 Å². The van der Waals surface area contributed by atoms with Crippen LogP contribution >= 0.6 is 0 Å². The second-order valence-corrected chi connectivity index (χ2v) is 3.66. The Morgan fingerprint density at radius 2 is 2.06 bits per heavy atom. The highest BCUT2D eigenvalue weighted by Gasteiger charge is 2.03. The highest BCUT2D eigenvalue weighted by atomic mass is 16.5. The monoisotopic (exact) mass is 243 g/mol. The lowest BCUT2D eigenvalue weighted by atomic mass is 10.3. The van der Waals surface area contributed by atoms with Crippen molar-refractivity contribution in [3.8, 4) is 5.75 Å². The third kappa shape index (κ3) is 3.04. The van der Waals surface area contributed by atoms with Crippen LogP contribution in [0.1, 0.15) is 16.2 Å². The van der Waals surface area contributed by atoms with Crippen molar-refractivity contribution in [3.05, 3.63) is 47.9 Å². The highest BCUT2D eigenvalue weighted by molar-refractivity contribution is 5.80. The summed E-state index contributed by atoms with van der Waals surface area (Å²) in [4.78, 5) is 18.6. The van der Waals surface area contributed by atoms with Gasteiger partial charge in [0.05, 0.1) is 12.2 Å². The molecule has 1 aromatic heterocycles. The second-order valence-electron chi connectivity index (χ2n) is 3.66. The van der Waals surface area contributed by atoms with Gasteiger partial charge in [0.15, 0.2) is 6.29 Å². The van der Waals surface area contributed by atoms with E-state index >= 15 is 0 Å². The zero-order valence-corrected chi connectivity index (χ0v) is 9.74. The Bertz CT molecular complexity index is 529. The van der Waals surface area contributed by atoms with Crippen LogP contribution in [0.3, 0.4) is 0 Å². The van der Waals surface area contributed by atoms with Crippen LogP contribution in [0.15, 0.2) is 36.5 Å². The predicted octanol–water partition coefficient (Wildman–Crippen LogP) is 1.49. The zero-order chi connectivity index (χ0) is 12.8. The van der Waals surface area contributed by atoms with Gasteiger partial charge >= 0.3 is 0 Å². The minimum Gasteiger partial charge on any atom is -0.493 e. The van der Waals surface area contributed by atoms with Crippen molar-refractivity contribution in [1.29, 1.82) is 0 Å². The van der Waals surface area contributed by atoms with Gasteiger partial charge in [-0.2, -0.15) is 0 Å². The number of benzene rings is 1. The SMILES string of the molecule is Nc1nc(CCOc2ccccc2)ncc1C=O. The average molecular weight is 243 g/mol. The van der Waals surface area contributed by atoms with Gasteiger partial charge in [0.1, 0.15) is 17.4 Å². The molecule has 2 N–H and O–H groups in total. The number of aromatic nitrogens is 2. The summed E-state index contributed by atoms with van der Waals surface area (Å²) in [5, 5.41) is 0. The van der Waals surface area contributed by atoms with Crippen LogP contribution in [0.5, 0.6) is 5.75 Å². The molecule has 0 spiro atoms. The fraction of sp³-hybridized carbons (Fsp3) is 0.154. The first-order chi connectivity index (χ1) is 8.79. The van der Waals surface area contributed by atoms with E-state index in [1.165, 1.54) is 6.20 Å². The molecule has 0 amide bonds. The van der Waals surface area contributed by atoms with E-state index in [0.29, 0.717) is 30.7 Å². The maximum atomic E-state index is 10.6. The number of nitrogens with two attached hydrogens (primary N) is 1. The number of hydrogen-bond acceptors (Lipinski definition) is 5.